The minimum atomic E-state index is 0.0290. The van der Waals surface area contributed by atoms with Crippen LogP contribution in [0.2, 0.25) is 0 Å². The van der Waals surface area contributed by atoms with Gasteiger partial charge in [-0.05, 0) is 17.5 Å². The van der Waals surface area contributed by atoms with Crippen molar-refractivity contribution < 1.29 is 0 Å². The number of hydrogen-bond acceptors (Lipinski definition) is 4. The lowest BCUT2D eigenvalue weighted by molar-refractivity contribution is 0.569. The number of hydrogen-bond donors (Lipinski definition) is 1. The van der Waals surface area contributed by atoms with Gasteiger partial charge in [0.2, 0.25) is 0 Å². The van der Waals surface area contributed by atoms with Gasteiger partial charge in [-0.2, -0.15) is 0 Å². The number of benzene rings is 1. The summed E-state index contributed by atoms with van der Waals surface area (Å²) >= 11 is 3.51. The molecule has 1 aromatic carbocycles. The summed E-state index contributed by atoms with van der Waals surface area (Å²) in [6, 6.07) is 10.7. The van der Waals surface area contributed by atoms with E-state index in [1.54, 1.807) is 22.7 Å². The van der Waals surface area contributed by atoms with Crippen molar-refractivity contribution in [2.45, 2.75) is 38.6 Å². The molecular formula is C17H20N2S2. The molecule has 0 aliphatic carbocycles. The van der Waals surface area contributed by atoms with E-state index in [1.165, 1.54) is 15.0 Å². The lowest BCUT2D eigenvalue weighted by Crippen LogP contribution is -2.14. The van der Waals surface area contributed by atoms with Crippen molar-refractivity contribution >= 4 is 32.8 Å². The standard InChI is InChI=1S/C17H20N2S2/c1-17(2,3)15-10-20-16(19-15)9-12(18)14-8-11-6-4-5-7-13(11)21-14/h4-8,10,12H,9,18H2,1-3H3. The van der Waals surface area contributed by atoms with Crippen LogP contribution in [-0.2, 0) is 11.8 Å². The lowest BCUT2D eigenvalue weighted by Gasteiger charge is -2.14. The van der Waals surface area contributed by atoms with Crippen molar-refractivity contribution in [3.63, 3.8) is 0 Å². The first-order valence-electron chi connectivity index (χ1n) is 7.12. The number of thiophene rings is 1. The van der Waals surface area contributed by atoms with E-state index in [4.69, 9.17) is 10.7 Å². The summed E-state index contributed by atoms with van der Waals surface area (Å²) < 4.78 is 1.30. The Morgan fingerprint density at radius 1 is 1.24 bits per heavy atom. The van der Waals surface area contributed by atoms with E-state index in [2.05, 4.69) is 56.5 Å². The largest absolute Gasteiger partial charge is 0.323 e. The summed E-state index contributed by atoms with van der Waals surface area (Å²) in [5, 5.41) is 4.57. The van der Waals surface area contributed by atoms with Gasteiger partial charge in [0.25, 0.3) is 0 Å². The molecule has 3 rings (SSSR count). The Balaban J connectivity index is 1.79. The third-order valence-corrected chi connectivity index (χ3v) is 5.64. The third kappa shape index (κ3) is 3.18. The van der Waals surface area contributed by atoms with Gasteiger partial charge in [-0.25, -0.2) is 4.98 Å². The van der Waals surface area contributed by atoms with E-state index in [1.807, 2.05) is 0 Å². The number of nitrogens with two attached hydrogens (primary N) is 1. The van der Waals surface area contributed by atoms with Gasteiger partial charge in [-0.15, -0.1) is 22.7 Å². The number of aromatic nitrogens is 1. The highest BCUT2D eigenvalue weighted by Crippen LogP contribution is 2.31. The highest BCUT2D eigenvalue weighted by molar-refractivity contribution is 7.19. The van der Waals surface area contributed by atoms with Crippen LogP contribution in [-0.4, -0.2) is 4.98 Å². The van der Waals surface area contributed by atoms with E-state index in [0.29, 0.717) is 0 Å². The molecule has 2 heterocycles. The van der Waals surface area contributed by atoms with Gasteiger partial charge < -0.3 is 5.73 Å². The maximum absolute atomic E-state index is 6.39. The van der Waals surface area contributed by atoms with Gasteiger partial charge in [-0.3, -0.25) is 0 Å². The zero-order chi connectivity index (χ0) is 15.0. The predicted octanol–water partition coefficient (Wildman–Crippen LogP) is 4.90. The van der Waals surface area contributed by atoms with Crippen LogP contribution in [0.3, 0.4) is 0 Å². The number of thiazole rings is 1. The highest BCUT2D eigenvalue weighted by Gasteiger charge is 2.19. The SMILES string of the molecule is CC(C)(C)c1csc(CC(N)c2cc3ccccc3s2)n1. The zero-order valence-corrected chi connectivity index (χ0v) is 14.2. The van der Waals surface area contributed by atoms with Crippen LogP contribution < -0.4 is 5.73 Å². The first-order valence-corrected chi connectivity index (χ1v) is 8.82. The molecule has 1 atom stereocenters. The van der Waals surface area contributed by atoms with Crippen molar-refractivity contribution in [1.29, 1.82) is 0 Å². The van der Waals surface area contributed by atoms with Gasteiger partial charge in [0.05, 0.1) is 10.7 Å². The molecular weight excluding hydrogens is 296 g/mol. The van der Waals surface area contributed by atoms with Crippen molar-refractivity contribution in [2.75, 3.05) is 0 Å². The van der Waals surface area contributed by atoms with E-state index in [-0.39, 0.29) is 11.5 Å². The van der Waals surface area contributed by atoms with E-state index in [0.717, 1.165) is 17.1 Å². The average Bonchev–Trinajstić information content (AvgIpc) is 3.03. The molecule has 110 valence electrons. The van der Waals surface area contributed by atoms with Gasteiger partial charge in [0, 0.05) is 32.8 Å². The minimum Gasteiger partial charge on any atom is -0.323 e. The number of fused-ring (bicyclic) bond motifs is 1. The van der Waals surface area contributed by atoms with Gasteiger partial charge in [0.15, 0.2) is 0 Å². The second-order valence-electron chi connectivity index (χ2n) is 6.37. The Bertz CT molecular complexity index is 716. The first-order chi connectivity index (χ1) is 9.93. The molecule has 0 aliphatic heterocycles. The molecule has 21 heavy (non-hydrogen) atoms. The van der Waals surface area contributed by atoms with Crippen LogP contribution in [0.25, 0.3) is 10.1 Å². The van der Waals surface area contributed by atoms with Crippen molar-refractivity contribution in [1.82, 2.24) is 4.98 Å². The Kier molecular flexibility index (Phi) is 3.86. The normalized spacial score (nSPS) is 13.7. The summed E-state index contributed by atoms with van der Waals surface area (Å²) in [6.45, 7) is 6.58. The molecule has 2 aromatic heterocycles. The van der Waals surface area contributed by atoms with E-state index in [9.17, 15) is 0 Å². The summed E-state index contributed by atoms with van der Waals surface area (Å²) in [5.74, 6) is 0. The Labute approximate surface area is 133 Å². The molecule has 3 aromatic rings. The van der Waals surface area contributed by atoms with Crippen LogP contribution in [0, 0.1) is 0 Å². The Morgan fingerprint density at radius 3 is 2.67 bits per heavy atom. The monoisotopic (exact) mass is 316 g/mol. The quantitative estimate of drug-likeness (QED) is 0.746. The fourth-order valence-electron chi connectivity index (χ4n) is 2.22. The minimum absolute atomic E-state index is 0.0290. The second-order valence-corrected chi connectivity index (χ2v) is 8.43. The summed E-state index contributed by atoms with van der Waals surface area (Å²) in [6.07, 6.45) is 0.813. The summed E-state index contributed by atoms with van der Waals surface area (Å²) in [5.41, 5.74) is 7.65. The fraction of sp³-hybridized carbons (Fsp3) is 0.353. The van der Waals surface area contributed by atoms with Gasteiger partial charge >= 0.3 is 0 Å². The molecule has 0 aliphatic rings. The highest BCUT2D eigenvalue weighted by atomic mass is 32.1. The number of rotatable bonds is 3. The fourth-order valence-corrected chi connectivity index (χ4v) is 4.37. The summed E-state index contributed by atoms with van der Waals surface area (Å²) in [4.78, 5) is 5.98. The maximum atomic E-state index is 6.39. The summed E-state index contributed by atoms with van der Waals surface area (Å²) in [7, 11) is 0. The molecule has 0 saturated heterocycles. The molecule has 0 radical (unpaired) electrons. The van der Waals surface area contributed by atoms with Crippen LogP contribution >= 0.6 is 22.7 Å². The van der Waals surface area contributed by atoms with Crippen molar-refractivity contribution in [2.24, 2.45) is 5.73 Å². The molecule has 0 saturated carbocycles. The lowest BCUT2D eigenvalue weighted by atomic mass is 9.93. The molecule has 0 fully saturated rings. The molecule has 1 unspecified atom stereocenters. The smallest absolute Gasteiger partial charge is 0.0947 e. The van der Waals surface area contributed by atoms with E-state index < -0.39 is 0 Å². The Hall–Kier alpha value is -1.23. The predicted molar refractivity (Wildman–Crippen MR) is 93.3 cm³/mol. The van der Waals surface area contributed by atoms with Crippen LogP contribution in [0.15, 0.2) is 35.7 Å². The molecule has 2 nitrogen and oxygen atoms in total. The topological polar surface area (TPSA) is 38.9 Å². The van der Waals surface area contributed by atoms with E-state index >= 15 is 0 Å². The molecule has 0 amide bonds. The Morgan fingerprint density at radius 2 is 2.00 bits per heavy atom. The average molecular weight is 316 g/mol. The maximum Gasteiger partial charge on any atom is 0.0947 e. The van der Waals surface area contributed by atoms with Crippen molar-refractivity contribution in [3.05, 3.63) is 51.3 Å². The van der Waals surface area contributed by atoms with Crippen LogP contribution in [0.5, 0.6) is 0 Å². The molecule has 0 bridgehead atoms. The molecule has 0 spiro atoms. The first kappa shape index (κ1) is 14.7. The van der Waals surface area contributed by atoms with Crippen LogP contribution in [0.4, 0.5) is 0 Å². The van der Waals surface area contributed by atoms with Gasteiger partial charge in [-0.1, -0.05) is 39.0 Å². The molecule has 4 heteroatoms. The van der Waals surface area contributed by atoms with Crippen LogP contribution in [0.1, 0.15) is 42.4 Å². The van der Waals surface area contributed by atoms with Crippen molar-refractivity contribution in [3.8, 4) is 0 Å². The number of nitrogens with zero attached hydrogens (tertiary/aromatic N) is 1. The molecule has 2 N–H and O–H groups in total. The third-order valence-electron chi connectivity index (χ3n) is 3.52. The second kappa shape index (κ2) is 5.52. The van der Waals surface area contributed by atoms with Gasteiger partial charge in [0.1, 0.15) is 0 Å². The zero-order valence-electron chi connectivity index (χ0n) is 12.6.